The van der Waals surface area contributed by atoms with Gasteiger partial charge in [-0.25, -0.2) is 19.2 Å². The van der Waals surface area contributed by atoms with Gasteiger partial charge >= 0.3 is 5.97 Å². The van der Waals surface area contributed by atoms with Crippen LogP contribution in [0.25, 0.3) is 0 Å². The molecule has 0 radical (unpaired) electrons. The topological polar surface area (TPSA) is 78.8 Å². The largest absolute Gasteiger partial charge is 0.494 e. The summed E-state index contributed by atoms with van der Waals surface area (Å²) in [4.78, 5) is 22.7. The molecule has 0 atom stereocenters. The highest BCUT2D eigenvalue weighted by atomic mass is 19.1. The van der Waals surface area contributed by atoms with E-state index in [1.54, 1.807) is 12.1 Å². The van der Waals surface area contributed by atoms with Gasteiger partial charge in [0, 0.05) is 26.2 Å². The Bertz CT molecular complexity index is 731. The Balaban J connectivity index is 1.71. The lowest BCUT2D eigenvalue weighted by atomic mass is 10.2. The second-order valence-corrected chi connectivity index (χ2v) is 5.33. The van der Waals surface area contributed by atoms with Gasteiger partial charge in [-0.3, -0.25) is 0 Å². The van der Waals surface area contributed by atoms with Gasteiger partial charge in [-0.15, -0.1) is 0 Å². The van der Waals surface area contributed by atoms with Gasteiger partial charge in [0.25, 0.3) is 0 Å². The van der Waals surface area contributed by atoms with Crippen molar-refractivity contribution in [2.45, 2.75) is 0 Å². The fourth-order valence-corrected chi connectivity index (χ4v) is 2.72. The van der Waals surface area contributed by atoms with Crippen molar-refractivity contribution in [1.29, 1.82) is 0 Å². The first-order chi connectivity index (χ1) is 11.6. The van der Waals surface area contributed by atoms with E-state index in [0.29, 0.717) is 43.4 Å². The Labute approximate surface area is 138 Å². The van der Waals surface area contributed by atoms with Crippen LogP contribution in [-0.2, 0) is 0 Å². The third kappa shape index (κ3) is 3.08. The van der Waals surface area contributed by atoms with Crippen LogP contribution < -0.4 is 14.5 Å². The predicted octanol–water partition coefficient (Wildman–Crippen LogP) is 1.65. The number of hydrogen-bond donors (Lipinski definition) is 1. The van der Waals surface area contributed by atoms with Crippen LogP contribution >= 0.6 is 0 Å². The van der Waals surface area contributed by atoms with Crippen molar-refractivity contribution >= 4 is 17.5 Å². The summed E-state index contributed by atoms with van der Waals surface area (Å²) in [7, 11) is 1.52. The number of para-hydroxylation sites is 1. The molecule has 2 aromatic rings. The molecular formula is C16H17FN4O3. The number of carbonyl (C=O) groups is 1. The normalized spacial score (nSPS) is 14.6. The minimum absolute atomic E-state index is 0.0894. The van der Waals surface area contributed by atoms with E-state index in [-0.39, 0.29) is 11.5 Å². The molecule has 1 fully saturated rings. The van der Waals surface area contributed by atoms with Gasteiger partial charge in [-0.2, -0.15) is 0 Å². The zero-order valence-electron chi connectivity index (χ0n) is 13.1. The molecule has 126 valence electrons. The van der Waals surface area contributed by atoms with E-state index < -0.39 is 5.97 Å². The molecule has 0 amide bonds. The van der Waals surface area contributed by atoms with Crippen molar-refractivity contribution < 1.29 is 19.0 Å². The van der Waals surface area contributed by atoms with E-state index in [1.165, 1.54) is 25.6 Å². The highest BCUT2D eigenvalue weighted by Crippen LogP contribution is 2.32. The van der Waals surface area contributed by atoms with Gasteiger partial charge in [0.2, 0.25) is 0 Å². The molecule has 24 heavy (non-hydrogen) atoms. The molecule has 0 spiro atoms. The van der Waals surface area contributed by atoms with Crippen molar-refractivity contribution in [2.75, 3.05) is 43.1 Å². The lowest BCUT2D eigenvalue weighted by molar-refractivity contribution is 0.0690. The first-order valence-electron chi connectivity index (χ1n) is 7.48. The number of aromatic nitrogens is 2. The van der Waals surface area contributed by atoms with Gasteiger partial charge in [0.15, 0.2) is 5.69 Å². The van der Waals surface area contributed by atoms with E-state index in [9.17, 15) is 9.18 Å². The van der Waals surface area contributed by atoms with Crippen LogP contribution in [0.4, 0.5) is 15.9 Å². The molecule has 1 aliphatic heterocycles. The molecule has 0 unspecified atom stereocenters. The van der Waals surface area contributed by atoms with Crippen molar-refractivity contribution in [3.8, 4) is 5.75 Å². The van der Waals surface area contributed by atoms with Gasteiger partial charge in [0.05, 0.1) is 19.5 Å². The molecule has 3 rings (SSSR count). The smallest absolute Gasteiger partial charge is 0.356 e. The summed E-state index contributed by atoms with van der Waals surface area (Å²) in [6.45, 7) is 2.44. The van der Waals surface area contributed by atoms with Crippen molar-refractivity contribution in [3.63, 3.8) is 0 Å². The minimum atomic E-state index is -1.11. The summed E-state index contributed by atoms with van der Waals surface area (Å²) in [5.74, 6) is -0.298. The van der Waals surface area contributed by atoms with Gasteiger partial charge in [-0.05, 0) is 12.1 Å². The molecule has 0 bridgehead atoms. The number of ether oxygens (including phenoxy) is 1. The monoisotopic (exact) mass is 332 g/mol. The molecule has 1 aliphatic rings. The number of hydrogen-bond acceptors (Lipinski definition) is 6. The quantitative estimate of drug-likeness (QED) is 0.912. The second-order valence-electron chi connectivity index (χ2n) is 5.33. The first kappa shape index (κ1) is 16.0. The van der Waals surface area contributed by atoms with E-state index in [4.69, 9.17) is 9.84 Å². The van der Waals surface area contributed by atoms with Crippen LogP contribution in [0.5, 0.6) is 5.75 Å². The van der Waals surface area contributed by atoms with E-state index in [0.717, 1.165) is 0 Å². The van der Waals surface area contributed by atoms with E-state index >= 15 is 0 Å². The van der Waals surface area contributed by atoms with Crippen molar-refractivity contribution in [3.05, 3.63) is 42.1 Å². The van der Waals surface area contributed by atoms with Crippen LogP contribution in [0.15, 0.2) is 30.6 Å². The lowest BCUT2D eigenvalue weighted by Crippen LogP contribution is -2.47. The molecule has 8 heteroatoms. The van der Waals surface area contributed by atoms with Crippen LogP contribution in [0.2, 0.25) is 0 Å². The summed E-state index contributed by atoms with van der Waals surface area (Å²) < 4.78 is 19.4. The molecular weight excluding hydrogens is 315 g/mol. The zero-order valence-corrected chi connectivity index (χ0v) is 13.1. The Morgan fingerprint density at radius 2 is 1.88 bits per heavy atom. The molecule has 7 nitrogen and oxygen atoms in total. The van der Waals surface area contributed by atoms with Crippen LogP contribution in [0.1, 0.15) is 10.5 Å². The van der Waals surface area contributed by atoms with Crippen LogP contribution in [0, 0.1) is 5.82 Å². The summed E-state index contributed by atoms with van der Waals surface area (Å²) in [5.41, 5.74) is 0.375. The number of halogens is 1. The van der Waals surface area contributed by atoms with Gasteiger partial charge < -0.3 is 19.6 Å². The molecule has 0 saturated carbocycles. The lowest BCUT2D eigenvalue weighted by Gasteiger charge is -2.37. The number of methoxy groups -OCH3 is 1. The molecule has 1 aromatic heterocycles. The number of anilines is 2. The average molecular weight is 332 g/mol. The average Bonchev–Trinajstić information content (AvgIpc) is 2.61. The molecule has 2 heterocycles. The fourth-order valence-electron chi connectivity index (χ4n) is 2.72. The Morgan fingerprint density at radius 1 is 1.17 bits per heavy atom. The standard InChI is InChI=1S/C16H17FN4O3/c1-24-13-4-2-3-11(17)15(13)21-7-5-20(6-8-21)14-10-18-12(9-19-14)16(22)23/h2-4,9-10H,5-8H2,1H3,(H,22,23). The summed E-state index contributed by atoms with van der Waals surface area (Å²) >= 11 is 0. The maximum Gasteiger partial charge on any atom is 0.356 e. The third-order valence-electron chi connectivity index (χ3n) is 3.95. The van der Waals surface area contributed by atoms with Crippen molar-refractivity contribution in [2.24, 2.45) is 0 Å². The maximum absolute atomic E-state index is 14.1. The molecule has 1 aromatic carbocycles. The summed E-state index contributed by atoms with van der Waals surface area (Å²) in [6, 6.07) is 4.77. The predicted molar refractivity (Wildman–Crippen MR) is 86.4 cm³/mol. The molecule has 0 aliphatic carbocycles. The number of carboxylic acids is 1. The summed E-state index contributed by atoms with van der Waals surface area (Å²) in [5, 5.41) is 8.85. The van der Waals surface area contributed by atoms with E-state index in [1.807, 2.05) is 9.80 Å². The fraction of sp³-hybridized carbons (Fsp3) is 0.312. The van der Waals surface area contributed by atoms with Crippen LogP contribution in [0.3, 0.4) is 0 Å². The highest BCUT2D eigenvalue weighted by molar-refractivity contribution is 5.84. The number of piperazine rings is 1. The van der Waals surface area contributed by atoms with Crippen molar-refractivity contribution in [1.82, 2.24) is 9.97 Å². The molecule has 1 saturated heterocycles. The number of benzene rings is 1. The van der Waals surface area contributed by atoms with Crippen LogP contribution in [-0.4, -0.2) is 54.3 Å². The Hall–Kier alpha value is -2.90. The number of rotatable bonds is 4. The number of aromatic carboxylic acids is 1. The number of carboxylic acid groups (broad SMARTS) is 1. The minimum Gasteiger partial charge on any atom is -0.494 e. The number of nitrogens with zero attached hydrogens (tertiary/aromatic N) is 4. The van der Waals surface area contributed by atoms with Gasteiger partial charge in [-0.1, -0.05) is 6.07 Å². The van der Waals surface area contributed by atoms with Gasteiger partial charge in [0.1, 0.15) is 23.1 Å². The second kappa shape index (κ2) is 6.69. The third-order valence-corrected chi connectivity index (χ3v) is 3.95. The first-order valence-corrected chi connectivity index (χ1v) is 7.48. The Morgan fingerprint density at radius 3 is 2.46 bits per heavy atom. The SMILES string of the molecule is COc1cccc(F)c1N1CCN(c2cnc(C(=O)O)cn2)CC1. The zero-order chi connectivity index (χ0) is 17.1. The molecule has 1 N–H and O–H groups in total. The summed E-state index contributed by atoms with van der Waals surface area (Å²) in [6.07, 6.45) is 2.69. The Kier molecular flexibility index (Phi) is 4.45. The highest BCUT2D eigenvalue weighted by Gasteiger charge is 2.23. The maximum atomic E-state index is 14.1. The van der Waals surface area contributed by atoms with E-state index in [2.05, 4.69) is 9.97 Å².